The number of benzene rings is 2. The van der Waals surface area contributed by atoms with Gasteiger partial charge in [0.1, 0.15) is 5.03 Å². The van der Waals surface area contributed by atoms with Crippen LogP contribution in [-0.4, -0.2) is 33.3 Å². The van der Waals surface area contributed by atoms with Gasteiger partial charge in [-0.2, -0.15) is 0 Å². The van der Waals surface area contributed by atoms with E-state index < -0.39 is 0 Å². The largest absolute Gasteiger partial charge is 0.395 e. The summed E-state index contributed by atoms with van der Waals surface area (Å²) in [5.41, 5.74) is 4.61. The van der Waals surface area contributed by atoms with Crippen molar-refractivity contribution in [2.24, 2.45) is 4.99 Å². The maximum Gasteiger partial charge on any atom is 0.166 e. The van der Waals surface area contributed by atoms with Crippen molar-refractivity contribution in [3.05, 3.63) is 71.3 Å². The number of hydrogen-bond acceptors (Lipinski definition) is 4. The predicted octanol–water partition coefficient (Wildman–Crippen LogP) is 4.00. The highest BCUT2D eigenvalue weighted by atomic mass is 32.2. The van der Waals surface area contributed by atoms with Crippen LogP contribution in [0.15, 0.2) is 64.6 Å². The number of aryl methyl sites for hydroxylation is 1. The lowest BCUT2D eigenvalue weighted by Gasteiger charge is -2.30. The van der Waals surface area contributed by atoms with Gasteiger partial charge in [-0.15, -0.1) is 0 Å². The standard InChI is InChI=1S/C21H21N3OS/c1-15-6-5-9-17-12-18-14-24(10-11-25)21(26-20(18)23-19(15)17)22-13-16-7-3-2-4-8-16/h2-9,12,25H,10-11,13-14H2,1H3. The maximum atomic E-state index is 9.46. The molecule has 1 aliphatic rings. The second kappa shape index (κ2) is 7.48. The van der Waals surface area contributed by atoms with Crippen LogP contribution in [-0.2, 0) is 13.1 Å². The van der Waals surface area contributed by atoms with Crippen molar-refractivity contribution in [1.82, 2.24) is 9.88 Å². The minimum absolute atomic E-state index is 0.111. The Labute approximate surface area is 157 Å². The normalized spacial score (nSPS) is 15.5. The number of pyridine rings is 1. The summed E-state index contributed by atoms with van der Waals surface area (Å²) in [6, 6.07) is 18.7. The van der Waals surface area contributed by atoms with E-state index in [1.54, 1.807) is 11.8 Å². The lowest BCUT2D eigenvalue weighted by atomic mass is 10.1. The molecular weight excluding hydrogens is 342 g/mol. The van der Waals surface area contributed by atoms with E-state index in [9.17, 15) is 5.11 Å². The zero-order valence-corrected chi connectivity index (χ0v) is 15.5. The predicted molar refractivity (Wildman–Crippen MR) is 107 cm³/mol. The number of rotatable bonds is 4. The zero-order valence-electron chi connectivity index (χ0n) is 14.7. The van der Waals surface area contributed by atoms with Gasteiger partial charge in [-0.3, -0.25) is 4.99 Å². The quantitative estimate of drug-likeness (QED) is 0.761. The molecule has 1 N–H and O–H groups in total. The van der Waals surface area contributed by atoms with Crippen LogP contribution >= 0.6 is 11.8 Å². The van der Waals surface area contributed by atoms with Crippen LogP contribution in [0.25, 0.3) is 10.9 Å². The Morgan fingerprint density at radius 3 is 2.81 bits per heavy atom. The summed E-state index contributed by atoms with van der Waals surface area (Å²) in [5.74, 6) is 0. The monoisotopic (exact) mass is 363 g/mol. The molecule has 0 radical (unpaired) electrons. The number of hydrogen-bond donors (Lipinski definition) is 1. The lowest BCUT2D eigenvalue weighted by Crippen LogP contribution is -2.34. The number of aliphatic imine (C=N–C) groups is 1. The number of amidine groups is 1. The van der Waals surface area contributed by atoms with Crippen molar-refractivity contribution in [2.45, 2.75) is 25.0 Å². The third-order valence-corrected chi connectivity index (χ3v) is 5.63. The molecule has 0 saturated carbocycles. The highest BCUT2D eigenvalue weighted by molar-refractivity contribution is 8.13. The van der Waals surface area contributed by atoms with Crippen molar-refractivity contribution in [3.8, 4) is 0 Å². The molecule has 0 unspecified atom stereocenters. The van der Waals surface area contributed by atoms with Crippen molar-refractivity contribution in [2.75, 3.05) is 13.2 Å². The Hall–Kier alpha value is -2.37. The van der Waals surface area contributed by atoms with Gasteiger partial charge in [0.05, 0.1) is 18.7 Å². The Bertz CT molecular complexity index is 956. The highest BCUT2D eigenvalue weighted by Gasteiger charge is 2.24. The lowest BCUT2D eigenvalue weighted by molar-refractivity contribution is 0.247. The van der Waals surface area contributed by atoms with Crippen LogP contribution < -0.4 is 0 Å². The molecule has 1 aliphatic heterocycles. The van der Waals surface area contributed by atoms with Gasteiger partial charge in [0.2, 0.25) is 0 Å². The van der Waals surface area contributed by atoms with Crippen molar-refractivity contribution < 1.29 is 5.11 Å². The molecule has 1 aromatic heterocycles. The molecule has 0 fully saturated rings. The van der Waals surface area contributed by atoms with E-state index in [1.165, 1.54) is 16.7 Å². The van der Waals surface area contributed by atoms with Gasteiger partial charge in [0.15, 0.2) is 5.17 Å². The first kappa shape index (κ1) is 17.1. The van der Waals surface area contributed by atoms with Gasteiger partial charge in [0, 0.05) is 24.0 Å². The number of thioether (sulfide) groups is 1. The summed E-state index contributed by atoms with van der Waals surface area (Å²) in [6.45, 7) is 4.14. The van der Waals surface area contributed by atoms with Crippen LogP contribution in [0.3, 0.4) is 0 Å². The van der Waals surface area contributed by atoms with E-state index in [0.717, 1.165) is 27.6 Å². The number of aliphatic hydroxyl groups is 1. The van der Waals surface area contributed by atoms with E-state index in [4.69, 9.17) is 9.98 Å². The molecule has 2 heterocycles. The van der Waals surface area contributed by atoms with Gasteiger partial charge in [-0.05, 0) is 35.9 Å². The molecule has 132 valence electrons. The third kappa shape index (κ3) is 3.45. The number of nitrogens with zero attached hydrogens (tertiary/aromatic N) is 3. The number of aromatic nitrogens is 1. The Morgan fingerprint density at radius 2 is 2.00 bits per heavy atom. The minimum Gasteiger partial charge on any atom is -0.395 e. The van der Waals surface area contributed by atoms with E-state index in [0.29, 0.717) is 13.1 Å². The topological polar surface area (TPSA) is 48.7 Å². The van der Waals surface area contributed by atoms with Crippen molar-refractivity contribution >= 4 is 27.8 Å². The number of fused-ring (bicyclic) bond motifs is 2. The summed E-state index contributed by atoms with van der Waals surface area (Å²) in [7, 11) is 0. The first-order chi connectivity index (χ1) is 12.7. The molecule has 0 amide bonds. The maximum absolute atomic E-state index is 9.46. The van der Waals surface area contributed by atoms with Gasteiger partial charge >= 0.3 is 0 Å². The number of aliphatic hydroxyl groups excluding tert-OH is 1. The fraction of sp³-hybridized carbons (Fsp3) is 0.238. The number of para-hydroxylation sites is 1. The van der Waals surface area contributed by atoms with E-state index in [2.05, 4.69) is 48.2 Å². The Morgan fingerprint density at radius 1 is 1.15 bits per heavy atom. The van der Waals surface area contributed by atoms with Crippen molar-refractivity contribution in [3.63, 3.8) is 0 Å². The van der Waals surface area contributed by atoms with E-state index in [-0.39, 0.29) is 6.61 Å². The third-order valence-electron chi connectivity index (χ3n) is 4.52. The zero-order chi connectivity index (χ0) is 17.9. The SMILES string of the molecule is Cc1cccc2cc3c(nc12)SC(=NCc1ccccc1)N(CCO)C3. The molecule has 0 aliphatic carbocycles. The molecule has 3 aromatic rings. The van der Waals surface area contributed by atoms with Crippen molar-refractivity contribution in [1.29, 1.82) is 0 Å². The molecule has 0 saturated heterocycles. The van der Waals surface area contributed by atoms with Crippen LogP contribution in [0, 0.1) is 6.92 Å². The summed E-state index contributed by atoms with van der Waals surface area (Å²) >= 11 is 1.60. The van der Waals surface area contributed by atoms with Gasteiger partial charge in [-0.25, -0.2) is 4.98 Å². The second-order valence-electron chi connectivity index (χ2n) is 6.43. The summed E-state index contributed by atoms with van der Waals surface area (Å²) < 4.78 is 0. The van der Waals surface area contributed by atoms with E-state index in [1.807, 2.05) is 18.2 Å². The Kier molecular flexibility index (Phi) is 4.91. The molecule has 0 spiro atoms. The summed E-state index contributed by atoms with van der Waals surface area (Å²) in [6.07, 6.45) is 0. The van der Waals surface area contributed by atoms with Gasteiger partial charge < -0.3 is 10.0 Å². The van der Waals surface area contributed by atoms with Gasteiger partial charge in [0.25, 0.3) is 0 Å². The molecule has 4 rings (SSSR count). The van der Waals surface area contributed by atoms with E-state index >= 15 is 0 Å². The fourth-order valence-corrected chi connectivity index (χ4v) is 4.15. The molecule has 0 atom stereocenters. The second-order valence-corrected chi connectivity index (χ2v) is 7.39. The van der Waals surface area contributed by atoms with Crippen LogP contribution in [0.4, 0.5) is 0 Å². The first-order valence-electron chi connectivity index (χ1n) is 8.76. The molecule has 26 heavy (non-hydrogen) atoms. The fourth-order valence-electron chi connectivity index (χ4n) is 3.17. The minimum atomic E-state index is 0.111. The van der Waals surface area contributed by atoms with Gasteiger partial charge in [-0.1, -0.05) is 48.5 Å². The average Bonchev–Trinajstić information content (AvgIpc) is 2.66. The molecule has 2 aromatic carbocycles. The van der Waals surface area contributed by atoms with Crippen LogP contribution in [0.1, 0.15) is 16.7 Å². The molecule has 5 heteroatoms. The Balaban J connectivity index is 1.69. The summed E-state index contributed by atoms with van der Waals surface area (Å²) in [5, 5.41) is 12.6. The van der Waals surface area contributed by atoms with Crippen LogP contribution in [0.2, 0.25) is 0 Å². The summed E-state index contributed by atoms with van der Waals surface area (Å²) in [4.78, 5) is 11.9. The van der Waals surface area contributed by atoms with Crippen LogP contribution in [0.5, 0.6) is 0 Å². The number of β-amino-alcohol motifs (C(OH)–C–C–N with tert-alkyl or cyclic N) is 1. The smallest absolute Gasteiger partial charge is 0.166 e. The first-order valence-corrected chi connectivity index (χ1v) is 9.57. The molecular formula is C21H21N3OS. The highest BCUT2D eigenvalue weighted by Crippen LogP contribution is 2.33. The average molecular weight is 363 g/mol. The molecule has 4 nitrogen and oxygen atoms in total. The molecule has 0 bridgehead atoms.